The Kier molecular flexibility index (Phi) is 5.15. The predicted octanol–water partition coefficient (Wildman–Crippen LogP) is 4.26. The van der Waals surface area contributed by atoms with E-state index < -0.39 is 0 Å². The van der Waals surface area contributed by atoms with Crippen molar-refractivity contribution < 1.29 is 5.11 Å². The van der Waals surface area contributed by atoms with Crippen LogP contribution in [-0.2, 0) is 0 Å². The molecule has 0 saturated heterocycles. The van der Waals surface area contributed by atoms with Gasteiger partial charge in [0.2, 0.25) is 0 Å². The van der Waals surface area contributed by atoms with Gasteiger partial charge in [-0.1, -0.05) is 36.4 Å². The van der Waals surface area contributed by atoms with Crippen LogP contribution in [-0.4, -0.2) is 23.5 Å². The number of hydrogen-bond donors (Lipinski definition) is 1. The summed E-state index contributed by atoms with van der Waals surface area (Å²) in [6, 6.07) is 4.36. The number of rotatable bonds is 5. The van der Waals surface area contributed by atoms with E-state index in [0.29, 0.717) is 6.42 Å². The summed E-state index contributed by atoms with van der Waals surface area (Å²) in [4.78, 5) is 4.88. The van der Waals surface area contributed by atoms with Crippen LogP contribution in [0.5, 0.6) is 0 Å². The van der Waals surface area contributed by atoms with Gasteiger partial charge in [-0.25, -0.2) is 0 Å². The number of aliphatic imine (C=N–C) groups is 1. The number of benzene rings is 1. The molecule has 0 spiro atoms. The minimum absolute atomic E-state index is 0.0157. The first-order chi connectivity index (χ1) is 10.5. The molecule has 0 fully saturated rings. The maximum absolute atomic E-state index is 9.45. The van der Waals surface area contributed by atoms with E-state index in [1.54, 1.807) is 0 Å². The quantitative estimate of drug-likeness (QED) is 0.639. The molecule has 0 bridgehead atoms. The van der Waals surface area contributed by atoms with Crippen LogP contribution in [0, 0.1) is 13.8 Å². The third-order valence-corrected chi connectivity index (χ3v) is 4.20. The van der Waals surface area contributed by atoms with E-state index in [1.807, 2.05) is 25.2 Å². The number of aliphatic hydroxyl groups excluding tert-OH is 1. The summed E-state index contributed by atoms with van der Waals surface area (Å²) in [6.07, 6.45) is 6.55. The van der Waals surface area contributed by atoms with Gasteiger partial charge in [0.25, 0.3) is 0 Å². The van der Waals surface area contributed by atoms with Crippen LogP contribution >= 0.6 is 0 Å². The predicted molar refractivity (Wildman–Crippen MR) is 94.8 cm³/mol. The van der Waals surface area contributed by atoms with E-state index in [9.17, 15) is 5.11 Å². The molecule has 1 aromatic carbocycles. The van der Waals surface area contributed by atoms with E-state index >= 15 is 0 Å². The van der Waals surface area contributed by atoms with Gasteiger partial charge in [0.15, 0.2) is 0 Å². The van der Waals surface area contributed by atoms with Crippen molar-refractivity contribution in [2.75, 3.05) is 6.61 Å². The van der Waals surface area contributed by atoms with Crippen LogP contribution in [0.1, 0.15) is 41.5 Å². The molecule has 1 aromatic rings. The SMILES string of the molecule is C=CC1N=C(C(=C)/C=C\C)c2cc(C)cc(C)c2C1CCO. The monoisotopic (exact) mass is 295 g/mol. The zero-order valence-corrected chi connectivity index (χ0v) is 13.8. The molecule has 1 aliphatic heterocycles. The average Bonchev–Trinajstić information content (AvgIpc) is 2.47. The molecular weight excluding hydrogens is 270 g/mol. The minimum atomic E-state index is -0.0157. The number of nitrogens with zero attached hydrogens (tertiary/aromatic N) is 1. The lowest BCUT2D eigenvalue weighted by Crippen LogP contribution is -2.27. The lowest BCUT2D eigenvalue weighted by molar-refractivity contribution is 0.271. The maximum atomic E-state index is 9.45. The summed E-state index contributed by atoms with van der Waals surface area (Å²) in [5.74, 6) is 0.181. The minimum Gasteiger partial charge on any atom is -0.396 e. The third-order valence-electron chi connectivity index (χ3n) is 4.20. The summed E-state index contributed by atoms with van der Waals surface area (Å²) >= 11 is 0. The summed E-state index contributed by atoms with van der Waals surface area (Å²) in [7, 11) is 0. The number of aliphatic hydroxyl groups is 1. The molecule has 2 heteroatoms. The van der Waals surface area contributed by atoms with Crippen molar-refractivity contribution in [2.45, 2.75) is 39.2 Å². The summed E-state index contributed by atoms with van der Waals surface area (Å²) < 4.78 is 0. The first kappa shape index (κ1) is 16.4. The van der Waals surface area contributed by atoms with E-state index in [1.165, 1.54) is 16.7 Å². The van der Waals surface area contributed by atoms with Crippen LogP contribution in [0.3, 0.4) is 0 Å². The van der Waals surface area contributed by atoms with Gasteiger partial charge in [-0.05, 0) is 50.0 Å². The molecule has 2 atom stereocenters. The Hall–Kier alpha value is -1.93. The van der Waals surface area contributed by atoms with Gasteiger partial charge in [-0.15, -0.1) is 6.58 Å². The van der Waals surface area contributed by atoms with Crippen molar-refractivity contribution in [3.63, 3.8) is 0 Å². The zero-order chi connectivity index (χ0) is 16.3. The van der Waals surface area contributed by atoms with Crippen molar-refractivity contribution in [3.05, 3.63) is 71.3 Å². The van der Waals surface area contributed by atoms with Crippen LogP contribution < -0.4 is 0 Å². The fraction of sp³-hybridized carbons (Fsp3) is 0.350. The Bertz CT molecular complexity index is 652. The van der Waals surface area contributed by atoms with Crippen molar-refractivity contribution in [1.82, 2.24) is 0 Å². The first-order valence-corrected chi connectivity index (χ1v) is 7.78. The molecule has 1 N–H and O–H groups in total. The van der Waals surface area contributed by atoms with Gasteiger partial charge in [-0.2, -0.15) is 0 Å². The normalized spacial score (nSPS) is 20.6. The Labute approximate surface area is 133 Å². The summed E-state index contributed by atoms with van der Waals surface area (Å²) in [5.41, 5.74) is 6.76. The summed E-state index contributed by atoms with van der Waals surface area (Å²) in [6.45, 7) is 14.5. The molecule has 1 aliphatic rings. The molecule has 116 valence electrons. The Morgan fingerprint density at radius 2 is 2.09 bits per heavy atom. The highest BCUT2D eigenvalue weighted by molar-refractivity contribution is 6.16. The highest BCUT2D eigenvalue weighted by Gasteiger charge is 2.31. The Morgan fingerprint density at radius 1 is 1.36 bits per heavy atom. The lowest BCUT2D eigenvalue weighted by Gasteiger charge is -2.32. The molecule has 0 amide bonds. The van der Waals surface area contributed by atoms with Gasteiger partial charge in [-0.3, -0.25) is 4.99 Å². The van der Waals surface area contributed by atoms with Crippen LogP contribution in [0.2, 0.25) is 0 Å². The molecule has 2 rings (SSSR count). The molecule has 2 unspecified atom stereocenters. The highest BCUT2D eigenvalue weighted by atomic mass is 16.3. The standard InChI is InChI=1S/C20H25NO/c1-6-8-14(4)20-17-12-13(3)11-15(5)19(17)16(9-10-22)18(7-2)21-20/h6-8,11-12,16,18,22H,2,4,9-10H2,1,3,5H3/b8-6-. The van der Waals surface area contributed by atoms with Crippen molar-refractivity contribution in [1.29, 1.82) is 0 Å². The number of aryl methyl sites for hydroxylation is 2. The fourth-order valence-corrected chi connectivity index (χ4v) is 3.35. The molecule has 1 heterocycles. The molecule has 0 aliphatic carbocycles. The van der Waals surface area contributed by atoms with Crippen LogP contribution in [0.15, 0.2) is 54.1 Å². The van der Waals surface area contributed by atoms with Crippen LogP contribution in [0.4, 0.5) is 0 Å². The second-order valence-electron chi connectivity index (χ2n) is 5.89. The Balaban J connectivity index is 2.69. The molecule has 0 aromatic heterocycles. The second-order valence-corrected chi connectivity index (χ2v) is 5.89. The van der Waals surface area contributed by atoms with Gasteiger partial charge in [0.1, 0.15) is 0 Å². The maximum Gasteiger partial charge on any atom is 0.0754 e. The summed E-state index contributed by atoms with van der Waals surface area (Å²) in [5, 5.41) is 9.45. The fourth-order valence-electron chi connectivity index (χ4n) is 3.35. The smallest absolute Gasteiger partial charge is 0.0754 e. The van der Waals surface area contributed by atoms with E-state index in [0.717, 1.165) is 16.8 Å². The molecule has 2 nitrogen and oxygen atoms in total. The topological polar surface area (TPSA) is 32.6 Å². The Morgan fingerprint density at radius 3 is 2.68 bits per heavy atom. The molecule has 0 saturated carbocycles. The zero-order valence-electron chi connectivity index (χ0n) is 13.8. The molecular formula is C20H25NO. The van der Waals surface area contributed by atoms with Crippen LogP contribution in [0.25, 0.3) is 0 Å². The highest BCUT2D eigenvalue weighted by Crippen LogP contribution is 2.37. The number of allylic oxidation sites excluding steroid dienone is 3. The number of hydrogen-bond acceptors (Lipinski definition) is 2. The van der Waals surface area contributed by atoms with E-state index in [4.69, 9.17) is 4.99 Å². The lowest BCUT2D eigenvalue weighted by atomic mass is 9.78. The van der Waals surface area contributed by atoms with Gasteiger partial charge in [0, 0.05) is 18.1 Å². The van der Waals surface area contributed by atoms with Crippen molar-refractivity contribution in [2.24, 2.45) is 4.99 Å². The van der Waals surface area contributed by atoms with Gasteiger partial charge < -0.3 is 5.11 Å². The molecule has 0 radical (unpaired) electrons. The average molecular weight is 295 g/mol. The second kappa shape index (κ2) is 6.89. The van der Waals surface area contributed by atoms with E-state index in [2.05, 4.69) is 39.1 Å². The first-order valence-electron chi connectivity index (χ1n) is 7.78. The number of fused-ring (bicyclic) bond motifs is 1. The van der Waals surface area contributed by atoms with Crippen molar-refractivity contribution in [3.8, 4) is 0 Å². The van der Waals surface area contributed by atoms with E-state index in [-0.39, 0.29) is 18.6 Å². The molecule has 22 heavy (non-hydrogen) atoms. The van der Waals surface area contributed by atoms with Gasteiger partial charge in [0.05, 0.1) is 11.8 Å². The largest absolute Gasteiger partial charge is 0.396 e. The van der Waals surface area contributed by atoms with Gasteiger partial charge >= 0.3 is 0 Å². The van der Waals surface area contributed by atoms with Crippen molar-refractivity contribution >= 4 is 5.71 Å². The third kappa shape index (κ3) is 2.97.